The first-order valence-electron chi connectivity index (χ1n) is 4.77. The largest absolute Gasteiger partial charge is 0.347 e. The van der Waals surface area contributed by atoms with Gasteiger partial charge in [0.15, 0.2) is 0 Å². The molecular formula is C11H12BrN3. The molecule has 1 aromatic heterocycles. The van der Waals surface area contributed by atoms with Crippen molar-refractivity contribution in [2.45, 2.75) is 13.1 Å². The Morgan fingerprint density at radius 2 is 2.27 bits per heavy atom. The Kier molecular flexibility index (Phi) is 3.53. The standard InChI is InChI=1S/C11H12BrN3/c12-10-3-1-2-9(4-10)5-13-6-11-7-14-8-15-11/h1-4,7-8,13H,5-6H2,(H,14,15). The molecule has 4 heteroatoms. The smallest absolute Gasteiger partial charge is 0.0922 e. The van der Waals surface area contributed by atoms with Crippen molar-refractivity contribution >= 4 is 15.9 Å². The monoisotopic (exact) mass is 265 g/mol. The van der Waals surface area contributed by atoms with Gasteiger partial charge < -0.3 is 10.3 Å². The van der Waals surface area contributed by atoms with Crippen LogP contribution in [0.1, 0.15) is 11.3 Å². The van der Waals surface area contributed by atoms with Gasteiger partial charge in [-0.3, -0.25) is 0 Å². The van der Waals surface area contributed by atoms with E-state index in [-0.39, 0.29) is 0 Å². The highest BCUT2D eigenvalue weighted by molar-refractivity contribution is 9.10. The van der Waals surface area contributed by atoms with Crippen LogP contribution in [0.4, 0.5) is 0 Å². The minimum Gasteiger partial charge on any atom is -0.347 e. The van der Waals surface area contributed by atoms with Gasteiger partial charge in [0.2, 0.25) is 0 Å². The zero-order valence-corrected chi connectivity index (χ0v) is 9.79. The zero-order valence-electron chi connectivity index (χ0n) is 8.20. The third kappa shape index (κ3) is 3.18. The van der Waals surface area contributed by atoms with Gasteiger partial charge in [0.1, 0.15) is 0 Å². The van der Waals surface area contributed by atoms with Crippen LogP contribution < -0.4 is 5.32 Å². The summed E-state index contributed by atoms with van der Waals surface area (Å²) in [6, 6.07) is 8.28. The van der Waals surface area contributed by atoms with Crippen LogP contribution in [0, 0.1) is 0 Å². The molecule has 0 fully saturated rings. The summed E-state index contributed by atoms with van der Waals surface area (Å²) in [5, 5.41) is 3.34. The van der Waals surface area contributed by atoms with Gasteiger partial charge in [0, 0.05) is 29.5 Å². The summed E-state index contributed by atoms with van der Waals surface area (Å²) in [4.78, 5) is 7.01. The molecule has 78 valence electrons. The average molecular weight is 266 g/mol. The minimum atomic E-state index is 0.812. The van der Waals surface area contributed by atoms with Crippen molar-refractivity contribution in [3.8, 4) is 0 Å². The topological polar surface area (TPSA) is 40.7 Å². The Labute approximate surface area is 97.1 Å². The molecule has 0 amide bonds. The SMILES string of the molecule is Brc1cccc(CNCc2cnc[nH]2)c1. The number of halogens is 1. The molecule has 3 nitrogen and oxygen atoms in total. The van der Waals surface area contributed by atoms with E-state index in [1.54, 1.807) is 6.33 Å². The lowest BCUT2D eigenvalue weighted by Gasteiger charge is -2.03. The Bertz CT molecular complexity index is 412. The van der Waals surface area contributed by atoms with Gasteiger partial charge in [-0.05, 0) is 17.7 Å². The molecule has 1 aromatic carbocycles. The van der Waals surface area contributed by atoms with Crippen molar-refractivity contribution in [2.24, 2.45) is 0 Å². The molecule has 1 heterocycles. The second-order valence-corrected chi connectivity index (χ2v) is 4.23. The number of H-pyrrole nitrogens is 1. The maximum absolute atomic E-state index is 3.96. The average Bonchev–Trinajstić information content (AvgIpc) is 2.71. The molecule has 0 spiro atoms. The molecule has 15 heavy (non-hydrogen) atoms. The number of aromatic amines is 1. The lowest BCUT2D eigenvalue weighted by molar-refractivity contribution is 0.682. The summed E-state index contributed by atoms with van der Waals surface area (Å²) in [5.74, 6) is 0. The summed E-state index contributed by atoms with van der Waals surface area (Å²) in [7, 11) is 0. The van der Waals surface area contributed by atoms with Gasteiger partial charge in [0.25, 0.3) is 0 Å². The van der Waals surface area contributed by atoms with Gasteiger partial charge in [-0.1, -0.05) is 28.1 Å². The van der Waals surface area contributed by atoms with Crippen molar-refractivity contribution < 1.29 is 0 Å². The lowest BCUT2D eigenvalue weighted by Crippen LogP contribution is -2.12. The first-order chi connectivity index (χ1) is 7.34. The maximum atomic E-state index is 3.96. The van der Waals surface area contributed by atoms with Crippen molar-refractivity contribution in [1.29, 1.82) is 0 Å². The molecule has 2 aromatic rings. The molecule has 2 rings (SSSR count). The van der Waals surface area contributed by atoms with E-state index in [0.717, 1.165) is 23.3 Å². The van der Waals surface area contributed by atoms with Crippen LogP contribution in [-0.2, 0) is 13.1 Å². The van der Waals surface area contributed by atoms with Crippen LogP contribution >= 0.6 is 15.9 Å². The fourth-order valence-electron chi connectivity index (χ4n) is 1.37. The molecule has 0 saturated carbocycles. The minimum absolute atomic E-state index is 0.812. The predicted octanol–water partition coefficient (Wildman–Crippen LogP) is 2.46. The number of nitrogens with one attached hydrogen (secondary N) is 2. The molecule has 0 unspecified atom stereocenters. The summed E-state index contributed by atoms with van der Waals surface area (Å²) in [5.41, 5.74) is 2.37. The summed E-state index contributed by atoms with van der Waals surface area (Å²) < 4.78 is 1.11. The van der Waals surface area contributed by atoms with E-state index in [1.807, 2.05) is 18.3 Å². The summed E-state index contributed by atoms with van der Waals surface area (Å²) in [6.45, 7) is 1.67. The van der Waals surface area contributed by atoms with Crippen molar-refractivity contribution in [2.75, 3.05) is 0 Å². The third-order valence-corrected chi connectivity index (χ3v) is 2.58. The molecule has 2 N–H and O–H groups in total. The second-order valence-electron chi connectivity index (χ2n) is 3.31. The van der Waals surface area contributed by atoms with E-state index in [2.05, 4.69) is 43.3 Å². The quantitative estimate of drug-likeness (QED) is 0.892. The molecular weight excluding hydrogens is 254 g/mol. The Morgan fingerprint density at radius 1 is 1.33 bits per heavy atom. The Balaban J connectivity index is 1.83. The van der Waals surface area contributed by atoms with E-state index < -0.39 is 0 Å². The van der Waals surface area contributed by atoms with Gasteiger partial charge >= 0.3 is 0 Å². The van der Waals surface area contributed by atoms with Gasteiger partial charge in [-0.15, -0.1) is 0 Å². The van der Waals surface area contributed by atoms with E-state index in [0.29, 0.717) is 0 Å². The van der Waals surface area contributed by atoms with Crippen molar-refractivity contribution in [3.63, 3.8) is 0 Å². The zero-order chi connectivity index (χ0) is 10.5. The maximum Gasteiger partial charge on any atom is 0.0922 e. The van der Waals surface area contributed by atoms with E-state index >= 15 is 0 Å². The first-order valence-corrected chi connectivity index (χ1v) is 5.56. The highest BCUT2D eigenvalue weighted by Gasteiger charge is 1.95. The fraction of sp³-hybridized carbons (Fsp3) is 0.182. The van der Waals surface area contributed by atoms with Crippen LogP contribution in [-0.4, -0.2) is 9.97 Å². The van der Waals surface area contributed by atoms with Crippen LogP contribution in [0.5, 0.6) is 0 Å². The highest BCUT2D eigenvalue weighted by Crippen LogP contribution is 2.11. The van der Waals surface area contributed by atoms with Crippen LogP contribution in [0.15, 0.2) is 41.3 Å². The van der Waals surface area contributed by atoms with Gasteiger partial charge in [-0.25, -0.2) is 4.98 Å². The van der Waals surface area contributed by atoms with Crippen LogP contribution in [0.2, 0.25) is 0 Å². The number of imidazole rings is 1. The first kappa shape index (κ1) is 10.4. The number of rotatable bonds is 4. The van der Waals surface area contributed by atoms with Gasteiger partial charge in [-0.2, -0.15) is 0 Å². The molecule has 0 atom stereocenters. The van der Waals surface area contributed by atoms with Crippen LogP contribution in [0.3, 0.4) is 0 Å². The molecule has 0 radical (unpaired) electrons. The summed E-state index contributed by atoms with van der Waals surface area (Å²) >= 11 is 3.45. The highest BCUT2D eigenvalue weighted by atomic mass is 79.9. The summed E-state index contributed by atoms with van der Waals surface area (Å²) in [6.07, 6.45) is 3.52. The van der Waals surface area contributed by atoms with E-state index in [4.69, 9.17) is 0 Å². The molecule has 0 aliphatic carbocycles. The van der Waals surface area contributed by atoms with Gasteiger partial charge in [0.05, 0.1) is 6.33 Å². The molecule has 0 aliphatic heterocycles. The number of benzene rings is 1. The number of nitrogens with zero attached hydrogens (tertiary/aromatic N) is 1. The third-order valence-electron chi connectivity index (χ3n) is 2.09. The number of hydrogen-bond acceptors (Lipinski definition) is 2. The van der Waals surface area contributed by atoms with Crippen molar-refractivity contribution in [3.05, 3.63) is 52.5 Å². The predicted molar refractivity (Wildman–Crippen MR) is 63.3 cm³/mol. The Hall–Kier alpha value is -1.13. The molecule has 0 bridgehead atoms. The second kappa shape index (κ2) is 5.09. The Morgan fingerprint density at radius 3 is 3.00 bits per heavy atom. The van der Waals surface area contributed by atoms with Crippen molar-refractivity contribution in [1.82, 2.24) is 15.3 Å². The van der Waals surface area contributed by atoms with E-state index in [9.17, 15) is 0 Å². The lowest BCUT2D eigenvalue weighted by atomic mass is 10.2. The fourth-order valence-corrected chi connectivity index (χ4v) is 1.82. The number of hydrogen-bond donors (Lipinski definition) is 2. The van der Waals surface area contributed by atoms with E-state index in [1.165, 1.54) is 5.56 Å². The number of aromatic nitrogens is 2. The molecule has 0 aliphatic rings. The van der Waals surface area contributed by atoms with Crippen LogP contribution in [0.25, 0.3) is 0 Å². The normalized spacial score (nSPS) is 10.5. The molecule has 0 saturated heterocycles.